The third-order valence-corrected chi connectivity index (χ3v) is 5.70. The molecule has 3 rings (SSSR count). The Morgan fingerprint density at radius 2 is 1.67 bits per heavy atom. The molecule has 8 heteroatoms. The van der Waals surface area contributed by atoms with Gasteiger partial charge in [-0.05, 0) is 40.2 Å². The highest BCUT2D eigenvalue weighted by atomic mass is 79.9. The first-order chi connectivity index (χ1) is 11.6. The van der Waals surface area contributed by atoms with Crippen LogP contribution in [0.5, 0.6) is 0 Å². The molecular weight excluding hydrogens is 392 g/mol. The van der Waals surface area contributed by atoms with Gasteiger partial charge in [0.25, 0.3) is 0 Å². The van der Waals surface area contributed by atoms with E-state index in [0.29, 0.717) is 15.9 Å². The number of aromatic nitrogens is 3. The van der Waals surface area contributed by atoms with Crippen LogP contribution in [0.25, 0.3) is 11.3 Å². The molecule has 0 amide bonds. The molecule has 3 aromatic rings. The number of nitrogens with zero attached hydrogens (tertiary/aromatic N) is 3. The molecule has 0 atom stereocenters. The molecule has 0 radical (unpaired) electrons. The van der Waals surface area contributed by atoms with Gasteiger partial charge >= 0.3 is 0 Å². The Morgan fingerprint density at radius 1 is 0.958 bits per heavy atom. The zero-order chi connectivity index (χ0) is 17.0. The summed E-state index contributed by atoms with van der Waals surface area (Å²) < 4.78 is 28.0. The Hall–Kier alpha value is -2.16. The summed E-state index contributed by atoms with van der Waals surface area (Å²) in [5, 5.41) is 0. The lowest BCUT2D eigenvalue weighted by molar-refractivity contribution is 0.580. The maximum absolute atomic E-state index is 12.5. The third-order valence-electron chi connectivity index (χ3n) is 3.28. The van der Waals surface area contributed by atoms with E-state index in [1.165, 1.54) is 12.3 Å². The van der Waals surface area contributed by atoms with Crippen molar-refractivity contribution in [2.45, 2.75) is 11.4 Å². The minimum Gasteiger partial charge on any atom is -0.265 e. The molecule has 0 unspecified atom stereocenters. The van der Waals surface area contributed by atoms with Crippen LogP contribution in [0.15, 0.2) is 70.6 Å². The largest absolute Gasteiger partial charge is 0.265 e. The molecule has 0 aliphatic rings. The average molecular weight is 405 g/mol. The number of hydrogen-bond acceptors (Lipinski definition) is 5. The smallest absolute Gasteiger partial charge is 0.242 e. The van der Waals surface area contributed by atoms with E-state index in [1.807, 2.05) is 0 Å². The van der Waals surface area contributed by atoms with Crippen LogP contribution in [0.2, 0.25) is 0 Å². The van der Waals surface area contributed by atoms with Gasteiger partial charge in [0, 0.05) is 34.8 Å². The predicted octanol–water partition coefficient (Wildman–Crippen LogP) is 2.78. The number of hydrogen-bond donors (Lipinski definition) is 1. The average Bonchev–Trinajstić information content (AvgIpc) is 2.61. The van der Waals surface area contributed by atoms with Crippen LogP contribution in [0.4, 0.5) is 0 Å². The number of rotatable bonds is 5. The van der Waals surface area contributed by atoms with E-state index >= 15 is 0 Å². The van der Waals surface area contributed by atoms with Gasteiger partial charge in [-0.15, -0.1) is 0 Å². The fraction of sp³-hybridized carbons (Fsp3) is 0.0625. The lowest BCUT2D eigenvalue weighted by Gasteiger charge is -2.10. The lowest BCUT2D eigenvalue weighted by atomic mass is 10.1. The van der Waals surface area contributed by atoms with Gasteiger partial charge in [-0.2, -0.15) is 0 Å². The second-order valence-corrected chi connectivity index (χ2v) is 7.43. The van der Waals surface area contributed by atoms with Gasteiger partial charge in [0.2, 0.25) is 10.0 Å². The van der Waals surface area contributed by atoms with E-state index in [0.717, 1.165) is 5.56 Å². The number of nitrogens with one attached hydrogen (secondary N) is 1. The van der Waals surface area contributed by atoms with E-state index in [9.17, 15) is 8.42 Å². The fourth-order valence-electron chi connectivity index (χ4n) is 2.15. The second kappa shape index (κ2) is 7.16. The van der Waals surface area contributed by atoms with Crippen LogP contribution in [0.3, 0.4) is 0 Å². The van der Waals surface area contributed by atoms with Gasteiger partial charge in [0.15, 0.2) is 0 Å². The molecule has 0 aliphatic heterocycles. The van der Waals surface area contributed by atoms with Gasteiger partial charge in [-0.1, -0.05) is 12.1 Å². The quantitative estimate of drug-likeness (QED) is 0.706. The first-order valence-corrected chi connectivity index (χ1v) is 9.30. The van der Waals surface area contributed by atoms with Crippen molar-refractivity contribution in [3.63, 3.8) is 0 Å². The van der Waals surface area contributed by atoms with Crippen LogP contribution in [-0.4, -0.2) is 23.4 Å². The lowest BCUT2D eigenvalue weighted by Crippen LogP contribution is -2.24. The topological polar surface area (TPSA) is 84.8 Å². The van der Waals surface area contributed by atoms with Gasteiger partial charge in [-0.25, -0.2) is 13.1 Å². The van der Waals surface area contributed by atoms with E-state index in [-0.39, 0.29) is 11.4 Å². The van der Waals surface area contributed by atoms with Crippen molar-refractivity contribution in [1.82, 2.24) is 19.7 Å². The molecule has 0 bridgehead atoms. The summed E-state index contributed by atoms with van der Waals surface area (Å²) in [5.41, 5.74) is 1.99. The van der Waals surface area contributed by atoms with E-state index in [4.69, 9.17) is 0 Å². The Morgan fingerprint density at radius 3 is 2.42 bits per heavy atom. The molecule has 1 N–H and O–H groups in total. The Kier molecular flexibility index (Phi) is 4.98. The molecular formula is C16H13BrN4O2S. The molecule has 122 valence electrons. The molecule has 0 aliphatic carbocycles. The SMILES string of the molecule is O=S(=O)(NCc1nccnc1-c1ccncc1)c1ccccc1Br. The zero-order valence-electron chi connectivity index (χ0n) is 12.4. The fourth-order valence-corrected chi connectivity index (χ4v) is 4.14. The second-order valence-electron chi connectivity index (χ2n) is 4.84. The first-order valence-electron chi connectivity index (χ1n) is 7.02. The highest BCUT2D eigenvalue weighted by Gasteiger charge is 2.18. The molecule has 0 saturated carbocycles. The highest BCUT2D eigenvalue weighted by Crippen LogP contribution is 2.22. The molecule has 2 heterocycles. The molecule has 0 fully saturated rings. The summed E-state index contributed by atoms with van der Waals surface area (Å²) in [6, 6.07) is 10.2. The highest BCUT2D eigenvalue weighted by molar-refractivity contribution is 9.10. The standard InChI is InChI=1S/C16H13BrN4O2S/c17-13-3-1-2-4-15(13)24(22,23)21-11-14-16(20-10-9-19-14)12-5-7-18-8-6-12/h1-10,21H,11H2. The first kappa shape index (κ1) is 16.7. The Labute approximate surface area is 148 Å². The summed E-state index contributed by atoms with van der Waals surface area (Å²) in [4.78, 5) is 12.7. The van der Waals surface area contributed by atoms with Gasteiger partial charge in [0.05, 0.1) is 22.8 Å². The van der Waals surface area contributed by atoms with Crippen molar-refractivity contribution < 1.29 is 8.42 Å². The Balaban J connectivity index is 1.87. The van der Waals surface area contributed by atoms with E-state index < -0.39 is 10.0 Å². The summed E-state index contributed by atoms with van der Waals surface area (Å²) in [5.74, 6) is 0. The zero-order valence-corrected chi connectivity index (χ0v) is 14.8. The van der Waals surface area contributed by atoms with Crippen molar-refractivity contribution >= 4 is 26.0 Å². The van der Waals surface area contributed by atoms with E-state index in [1.54, 1.807) is 48.9 Å². The maximum atomic E-state index is 12.5. The van der Waals surface area contributed by atoms with Crippen LogP contribution in [0, 0.1) is 0 Å². The summed E-state index contributed by atoms with van der Waals surface area (Å²) in [6.45, 7) is 0.0369. The van der Waals surface area contributed by atoms with Gasteiger partial charge in [0.1, 0.15) is 0 Å². The van der Waals surface area contributed by atoms with Crippen molar-refractivity contribution in [3.05, 3.63) is 71.4 Å². The minimum absolute atomic E-state index is 0.0369. The number of pyridine rings is 1. The van der Waals surface area contributed by atoms with Crippen LogP contribution >= 0.6 is 15.9 Å². The predicted molar refractivity (Wildman–Crippen MR) is 93.4 cm³/mol. The summed E-state index contributed by atoms with van der Waals surface area (Å²) >= 11 is 3.26. The van der Waals surface area contributed by atoms with Gasteiger partial charge < -0.3 is 0 Å². The van der Waals surface area contributed by atoms with Crippen LogP contribution < -0.4 is 4.72 Å². The summed E-state index contributed by atoms with van der Waals surface area (Å²) in [6.07, 6.45) is 6.41. The number of sulfonamides is 1. The third kappa shape index (κ3) is 3.66. The molecule has 0 saturated heterocycles. The van der Waals surface area contributed by atoms with Crippen LogP contribution in [0.1, 0.15) is 5.69 Å². The van der Waals surface area contributed by atoms with Crippen molar-refractivity contribution in [3.8, 4) is 11.3 Å². The molecule has 2 aromatic heterocycles. The van der Waals surface area contributed by atoms with Crippen molar-refractivity contribution in [1.29, 1.82) is 0 Å². The van der Waals surface area contributed by atoms with Crippen LogP contribution in [-0.2, 0) is 16.6 Å². The van der Waals surface area contributed by atoms with Crippen molar-refractivity contribution in [2.24, 2.45) is 0 Å². The molecule has 1 aromatic carbocycles. The van der Waals surface area contributed by atoms with Crippen molar-refractivity contribution in [2.75, 3.05) is 0 Å². The van der Waals surface area contributed by atoms with Gasteiger partial charge in [-0.3, -0.25) is 15.0 Å². The minimum atomic E-state index is -3.67. The number of benzene rings is 1. The monoisotopic (exact) mass is 404 g/mol. The van der Waals surface area contributed by atoms with E-state index in [2.05, 4.69) is 35.6 Å². The number of halogens is 1. The molecule has 0 spiro atoms. The molecule has 24 heavy (non-hydrogen) atoms. The maximum Gasteiger partial charge on any atom is 0.242 e. The normalized spacial score (nSPS) is 11.4. The summed E-state index contributed by atoms with van der Waals surface area (Å²) in [7, 11) is -3.67. The molecule has 6 nitrogen and oxygen atoms in total. The Bertz CT molecular complexity index is 949.